The zero-order chi connectivity index (χ0) is 18.1. The van der Waals surface area contributed by atoms with Gasteiger partial charge in [-0.2, -0.15) is 0 Å². The van der Waals surface area contributed by atoms with Gasteiger partial charge in [0.1, 0.15) is 12.4 Å². The van der Waals surface area contributed by atoms with E-state index in [9.17, 15) is 4.79 Å². The Morgan fingerprint density at radius 3 is 2.68 bits per heavy atom. The Kier molecular flexibility index (Phi) is 8.18. The van der Waals surface area contributed by atoms with Crippen molar-refractivity contribution in [3.63, 3.8) is 0 Å². The van der Waals surface area contributed by atoms with Crippen molar-refractivity contribution in [1.29, 1.82) is 0 Å². The fourth-order valence-corrected chi connectivity index (χ4v) is 2.83. The summed E-state index contributed by atoms with van der Waals surface area (Å²) in [6, 6.07) is 7.30. The van der Waals surface area contributed by atoms with E-state index in [1.807, 2.05) is 12.1 Å². The Morgan fingerprint density at radius 2 is 2.04 bits per heavy atom. The highest BCUT2D eigenvalue weighted by Gasteiger charge is 2.18. The van der Waals surface area contributed by atoms with E-state index in [-0.39, 0.29) is 12.0 Å². The van der Waals surface area contributed by atoms with Crippen LogP contribution in [0.2, 0.25) is 0 Å². The zero-order valence-corrected chi connectivity index (χ0v) is 15.7. The number of hydrogen-bond acceptors (Lipinski definition) is 5. The quantitative estimate of drug-likeness (QED) is 0.732. The van der Waals surface area contributed by atoms with Gasteiger partial charge in [0.25, 0.3) is 5.91 Å². The first-order valence-corrected chi connectivity index (χ1v) is 9.16. The average Bonchev–Trinajstić information content (AvgIpc) is 2.64. The highest BCUT2D eigenvalue weighted by Crippen LogP contribution is 2.12. The molecular weight excluding hydrogens is 318 g/mol. The molecule has 1 atom stereocenters. The Balaban J connectivity index is 1.73. The fourth-order valence-electron chi connectivity index (χ4n) is 2.83. The van der Waals surface area contributed by atoms with Gasteiger partial charge < -0.3 is 24.6 Å². The standard InChI is InChI=1S/C19H31N3O3/c1-4-22(5-2)11-13-24-17-8-6-16(7-9-17)19(23)20-14-18-15-21(3)10-12-25-18/h6-9,18H,4-5,10-15H2,1-3H3,(H,20,23)/t18-/m0/s1. The molecule has 1 aliphatic heterocycles. The van der Waals surface area contributed by atoms with Crippen molar-refractivity contribution in [3.8, 4) is 5.75 Å². The van der Waals surface area contributed by atoms with Gasteiger partial charge in [-0.1, -0.05) is 13.8 Å². The zero-order valence-electron chi connectivity index (χ0n) is 15.7. The fraction of sp³-hybridized carbons (Fsp3) is 0.632. The molecule has 1 N–H and O–H groups in total. The highest BCUT2D eigenvalue weighted by atomic mass is 16.5. The number of morpholine rings is 1. The van der Waals surface area contributed by atoms with Crippen molar-refractivity contribution in [2.45, 2.75) is 20.0 Å². The minimum Gasteiger partial charge on any atom is -0.492 e. The van der Waals surface area contributed by atoms with Gasteiger partial charge in [-0.25, -0.2) is 0 Å². The second kappa shape index (κ2) is 10.4. The third kappa shape index (κ3) is 6.65. The number of carbonyl (C=O) groups excluding carboxylic acids is 1. The second-order valence-electron chi connectivity index (χ2n) is 6.36. The van der Waals surface area contributed by atoms with Crippen LogP contribution in [-0.2, 0) is 4.74 Å². The van der Waals surface area contributed by atoms with Crippen LogP contribution >= 0.6 is 0 Å². The summed E-state index contributed by atoms with van der Waals surface area (Å²) < 4.78 is 11.4. The number of nitrogens with one attached hydrogen (secondary N) is 1. The van der Waals surface area contributed by atoms with Crippen molar-refractivity contribution >= 4 is 5.91 Å². The molecule has 1 fully saturated rings. The minimum absolute atomic E-state index is 0.0605. The van der Waals surface area contributed by atoms with Crippen molar-refractivity contribution in [2.75, 3.05) is 59.5 Å². The van der Waals surface area contributed by atoms with Gasteiger partial charge >= 0.3 is 0 Å². The van der Waals surface area contributed by atoms with Gasteiger partial charge in [0, 0.05) is 31.7 Å². The normalized spacial score (nSPS) is 18.3. The van der Waals surface area contributed by atoms with Crippen LogP contribution in [0.3, 0.4) is 0 Å². The summed E-state index contributed by atoms with van der Waals surface area (Å²) in [5.74, 6) is 0.715. The van der Waals surface area contributed by atoms with Crippen LogP contribution in [0.15, 0.2) is 24.3 Å². The molecule has 0 aromatic heterocycles. The van der Waals surface area contributed by atoms with E-state index in [4.69, 9.17) is 9.47 Å². The van der Waals surface area contributed by atoms with Gasteiger partial charge in [0.2, 0.25) is 0 Å². The number of hydrogen-bond donors (Lipinski definition) is 1. The molecule has 1 aromatic carbocycles. The topological polar surface area (TPSA) is 54.0 Å². The molecule has 6 nitrogen and oxygen atoms in total. The molecule has 25 heavy (non-hydrogen) atoms. The third-order valence-corrected chi connectivity index (χ3v) is 4.52. The SMILES string of the molecule is CCN(CC)CCOc1ccc(C(=O)NC[C@H]2CN(C)CCO2)cc1. The summed E-state index contributed by atoms with van der Waals surface area (Å²) in [7, 11) is 2.07. The predicted molar refractivity (Wildman–Crippen MR) is 99.3 cm³/mol. The summed E-state index contributed by atoms with van der Waals surface area (Å²) in [6.07, 6.45) is 0.0605. The summed E-state index contributed by atoms with van der Waals surface area (Å²) >= 11 is 0. The van der Waals surface area contributed by atoms with E-state index in [0.29, 0.717) is 18.7 Å². The van der Waals surface area contributed by atoms with Crippen molar-refractivity contribution < 1.29 is 14.3 Å². The molecule has 0 radical (unpaired) electrons. The molecule has 6 heteroatoms. The number of ether oxygens (including phenoxy) is 2. The maximum Gasteiger partial charge on any atom is 0.251 e. The maximum atomic E-state index is 12.2. The lowest BCUT2D eigenvalue weighted by Crippen LogP contribution is -2.45. The Bertz CT molecular complexity index is 517. The Morgan fingerprint density at radius 1 is 1.32 bits per heavy atom. The second-order valence-corrected chi connectivity index (χ2v) is 6.36. The Hall–Kier alpha value is -1.63. The van der Waals surface area contributed by atoms with Crippen molar-refractivity contribution in [3.05, 3.63) is 29.8 Å². The maximum absolute atomic E-state index is 12.2. The van der Waals surface area contributed by atoms with Crippen LogP contribution in [-0.4, -0.2) is 81.3 Å². The summed E-state index contributed by atoms with van der Waals surface area (Å²) in [4.78, 5) is 16.8. The van der Waals surface area contributed by atoms with E-state index in [2.05, 4.69) is 36.0 Å². The molecule has 0 spiro atoms. The smallest absolute Gasteiger partial charge is 0.251 e. The number of likely N-dealkylation sites (N-methyl/N-ethyl adjacent to an activating group) is 2. The summed E-state index contributed by atoms with van der Waals surface area (Å²) in [5, 5.41) is 2.94. The third-order valence-electron chi connectivity index (χ3n) is 4.52. The van der Waals surface area contributed by atoms with E-state index in [0.717, 1.165) is 45.1 Å². The van der Waals surface area contributed by atoms with Crippen LogP contribution in [0.25, 0.3) is 0 Å². The molecule has 1 aromatic rings. The minimum atomic E-state index is -0.0773. The number of nitrogens with zero attached hydrogens (tertiary/aromatic N) is 2. The molecule has 0 saturated carbocycles. The molecule has 0 unspecified atom stereocenters. The van der Waals surface area contributed by atoms with E-state index in [1.54, 1.807) is 12.1 Å². The van der Waals surface area contributed by atoms with Crippen LogP contribution in [0.5, 0.6) is 5.75 Å². The number of rotatable bonds is 9. The number of benzene rings is 1. The molecule has 0 aliphatic carbocycles. The monoisotopic (exact) mass is 349 g/mol. The molecule has 1 saturated heterocycles. The largest absolute Gasteiger partial charge is 0.492 e. The molecule has 2 rings (SSSR count). The lowest BCUT2D eigenvalue weighted by atomic mass is 10.2. The number of amides is 1. The van der Waals surface area contributed by atoms with E-state index >= 15 is 0 Å². The predicted octanol–water partition coefficient (Wildman–Crippen LogP) is 1.47. The first-order chi connectivity index (χ1) is 12.1. The molecule has 0 bridgehead atoms. The average molecular weight is 349 g/mol. The highest BCUT2D eigenvalue weighted by molar-refractivity contribution is 5.94. The summed E-state index contributed by atoms with van der Waals surface area (Å²) in [5.41, 5.74) is 0.639. The van der Waals surface area contributed by atoms with E-state index in [1.165, 1.54) is 0 Å². The van der Waals surface area contributed by atoms with Gasteiger partial charge in [0.15, 0.2) is 0 Å². The van der Waals surface area contributed by atoms with Gasteiger partial charge in [-0.3, -0.25) is 4.79 Å². The van der Waals surface area contributed by atoms with Crippen molar-refractivity contribution in [1.82, 2.24) is 15.1 Å². The van der Waals surface area contributed by atoms with Gasteiger partial charge in [0.05, 0.1) is 12.7 Å². The lowest BCUT2D eigenvalue weighted by molar-refractivity contribution is -0.0175. The van der Waals surface area contributed by atoms with E-state index < -0.39 is 0 Å². The molecule has 1 amide bonds. The van der Waals surface area contributed by atoms with Gasteiger partial charge in [-0.05, 0) is 44.4 Å². The van der Waals surface area contributed by atoms with Crippen LogP contribution in [0.4, 0.5) is 0 Å². The lowest BCUT2D eigenvalue weighted by Gasteiger charge is -2.30. The first kappa shape index (κ1) is 19.7. The first-order valence-electron chi connectivity index (χ1n) is 9.16. The van der Waals surface area contributed by atoms with Crippen LogP contribution < -0.4 is 10.1 Å². The Labute approximate surface area is 151 Å². The summed E-state index contributed by atoms with van der Waals surface area (Å²) in [6.45, 7) is 11.0. The molecule has 140 valence electrons. The van der Waals surface area contributed by atoms with Crippen LogP contribution in [0, 0.1) is 0 Å². The van der Waals surface area contributed by atoms with Crippen LogP contribution in [0.1, 0.15) is 24.2 Å². The molecule has 1 aliphatic rings. The van der Waals surface area contributed by atoms with Gasteiger partial charge in [-0.15, -0.1) is 0 Å². The number of carbonyl (C=O) groups is 1. The van der Waals surface area contributed by atoms with Crippen molar-refractivity contribution in [2.24, 2.45) is 0 Å². The molecular formula is C19H31N3O3. The molecule has 1 heterocycles.